The number of phenolic OH excluding ortho intramolecular Hbond substituents is 2. The molecule has 1 aliphatic heterocycles. The number of phenols is 2. The van der Waals surface area contributed by atoms with Gasteiger partial charge in [0.2, 0.25) is 0 Å². The molecule has 1 saturated heterocycles. The second-order valence-corrected chi connectivity index (χ2v) is 6.80. The summed E-state index contributed by atoms with van der Waals surface area (Å²) in [6.07, 6.45) is 0.199. The van der Waals surface area contributed by atoms with E-state index in [1.807, 2.05) is 13.8 Å². The molecule has 0 aliphatic carbocycles. The lowest BCUT2D eigenvalue weighted by Gasteiger charge is -2.33. The lowest BCUT2D eigenvalue weighted by atomic mass is 10.1. The highest BCUT2D eigenvalue weighted by Crippen LogP contribution is 2.30. The third kappa shape index (κ3) is 5.28. The summed E-state index contributed by atoms with van der Waals surface area (Å²) in [5.41, 5.74) is 6.44. The molecule has 0 radical (unpaired) electrons. The number of aromatic hydroxyl groups is 2. The number of carbonyl (C=O) groups excluding carboxylic acids is 1. The van der Waals surface area contributed by atoms with Gasteiger partial charge >= 0.3 is 5.97 Å². The molecule has 1 fully saturated rings. The fourth-order valence-corrected chi connectivity index (χ4v) is 2.58. The van der Waals surface area contributed by atoms with E-state index in [9.17, 15) is 15.0 Å². The second-order valence-electron chi connectivity index (χ2n) is 5.78. The normalized spacial score (nSPS) is 21.6. The zero-order valence-corrected chi connectivity index (χ0v) is 13.8. The zero-order valence-electron chi connectivity index (χ0n) is 13.0. The molecule has 4 N–H and O–H groups in total. The minimum Gasteiger partial charge on any atom is -0.504 e. The van der Waals surface area contributed by atoms with Crippen LogP contribution in [-0.4, -0.2) is 46.5 Å². The van der Waals surface area contributed by atoms with Crippen molar-refractivity contribution in [3.8, 4) is 11.5 Å². The van der Waals surface area contributed by atoms with E-state index < -0.39 is 17.8 Å². The number of esters is 1. The van der Waals surface area contributed by atoms with Crippen molar-refractivity contribution in [2.24, 2.45) is 5.73 Å². The van der Waals surface area contributed by atoms with Gasteiger partial charge in [0.15, 0.2) is 17.3 Å². The molecule has 1 aliphatic rings. The van der Waals surface area contributed by atoms with Crippen LogP contribution < -0.4 is 5.73 Å². The maximum atomic E-state index is 11.9. The van der Waals surface area contributed by atoms with Crippen LogP contribution in [0.4, 0.5) is 0 Å². The van der Waals surface area contributed by atoms with Crippen LogP contribution in [0.2, 0.25) is 0 Å². The summed E-state index contributed by atoms with van der Waals surface area (Å²) >= 11 is 1.23. The van der Waals surface area contributed by atoms with E-state index in [0.29, 0.717) is 12.2 Å². The molecule has 0 spiro atoms. The fourth-order valence-electron chi connectivity index (χ4n) is 1.92. The van der Waals surface area contributed by atoms with Crippen LogP contribution in [0.1, 0.15) is 19.4 Å². The van der Waals surface area contributed by atoms with Crippen molar-refractivity contribution in [2.75, 3.05) is 13.2 Å². The van der Waals surface area contributed by atoms with Gasteiger partial charge in [-0.15, -0.1) is 0 Å². The Morgan fingerprint density at radius 3 is 2.83 bits per heavy atom. The maximum Gasteiger partial charge on any atom is 0.323 e. The average Bonchev–Trinajstić information content (AvgIpc) is 2.49. The predicted molar refractivity (Wildman–Crippen MR) is 84.9 cm³/mol. The summed E-state index contributed by atoms with van der Waals surface area (Å²) in [6, 6.07) is 3.44. The molecule has 0 aromatic heterocycles. The van der Waals surface area contributed by atoms with Crippen LogP contribution in [0, 0.1) is 0 Å². The quantitative estimate of drug-likeness (QED) is 0.417. The van der Waals surface area contributed by atoms with E-state index in [4.69, 9.17) is 19.4 Å². The Labute approximate surface area is 138 Å². The highest BCUT2D eigenvalue weighted by Gasteiger charge is 2.30. The molecule has 2 rings (SSSR count). The average molecular weight is 343 g/mol. The standard InChI is InChI=1S/C15H21NO6S/c1-15(2)21-8-10(23-22-15)7-20-14(19)11(16)5-9-3-4-12(17)13(18)6-9/h3-4,6,10-11,17-18H,5,7-8,16H2,1-2H3/t10?,11-/m0/s1. The molecule has 1 aromatic carbocycles. The Bertz CT molecular complexity index is 555. The van der Waals surface area contributed by atoms with E-state index in [1.54, 1.807) is 6.07 Å². The summed E-state index contributed by atoms with van der Waals surface area (Å²) in [7, 11) is 0. The number of benzene rings is 1. The van der Waals surface area contributed by atoms with Gasteiger partial charge in [-0.1, -0.05) is 6.07 Å². The molecule has 23 heavy (non-hydrogen) atoms. The molecule has 0 bridgehead atoms. The van der Waals surface area contributed by atoms with Crippen molar-refractivity contribution in [1.29, 1.82) is 0 Å². The van der Waals surface area contributed by atoms with Gasteiger partial charge < -0.3 is 25.4 Å². The Balaban J connectivity index is 1.78. The van der Waals surface area contributed by atoms with Gasteiger partial charge in [0, 0.05) is 12.0 Å². The van der Waals surface area contributed by atoms with Crippen molar-refractivity contribution >= 4 is 18.0 Å². The minimum absolute atomic E-state index is 0.100. The van der Waals surface area contributed by atoms with Crippen molar-refractivity contribution < 1.29 is 28.7 Å². The first-order valence-electron chi connectivity index (χ1n) is 7.18. The van der Waals surface area contributed by atoms with Gasteiger partial charge in [-0.05, 0) is 38.0 Å². The Morgan fingerprint density at radius 1 is 1.48 bits per heavy atom. The Kier molecular flexibility index (Phi) is 5.74. The number of ether oxygens (including phenoxy) is 2. The van der Waals surface area contributed by atoms with E-state index in [-0.39, 0.29) is 29.8 Å². The zero-order chi connectivity index (χ0) is 17.0. The highest BCUT2D eigenvalue weighted by atomic mass is 32.2. The maximum absolute atomic E-state index is 11.9. The number of carbonyl (C=O) groups is 1. The topological polar surface area (TPSA) is 111 Å². The van der Waals surface area contributed by atoms with Gasteiger partial charge in [-0.3, -0.25) is 8.98 Å². The number of rotatable bonds is 5. The summed E-state index contributed by atoms with van der Waals surface area (Å²) < 4.78 is 16.1. The second kappa shape index (κ2) is 7.39. The lowest BCUT2D eigenvalue weighted by Crippen LogP contribution is -2.39. The van der Waals surface area contributed by atoms with Crippen molar-refractivity contribution in [2.45, 2.75) is 37.3 Å². The minimum atomic E-state index is -0.856. The van der Waals surface area contributed by atoms with Crippen LogP contribution in [0.5, 0.6) is 11.5 Å². The monoisotopic (exact) mass is 343 g/mol. The SMILES string of the molecule is CC1(C)OCC(COC(=O)[C@@H](N)Cc2ccc(O)c(O)c2)SO1. The van der Waals surface area contributed by atoms with Gasteiger partial charge in [0.1, 0.15) is 12.6 Å². The van der Waals surface area contributed by atoms with Crippen LogP contribution in [0.25, 0.3) is 0 Å². The lowest BCUT2D eigenvalue weighted by molar-refractivity contribution is -0.164. The van der Waals surface area contributed by atoms with E-state index in [2.05, 4.69) is 0 Å². The molecule has 2 atom stereocenters. The van der Waals surface area contributed by atoms with Gasteiger partial charge in [-0.2, -0.15) is 0 Å². The molecule has 128 valence electrons. The summed E-state index contributed by atoms with van der Waals surface area (Å²) in [5, 5.41) is 18.6. The number of nitrogens with two attached hydrogens (primary N) is 1. The molecule has 1 unspecified atom stereocenters. The molecule has 8 heteroatoms. The first kappa shape index (κ1) is 17.9. The van der Waals surface area contributed by atoms with Gasteiger partial charge in [0.05, 0.1) is 11.9 Å². The third-order valence-corrected chi connectivity index (χ3v) is 4.25. The molecule has 0 amide bonds. The Hall–Kier alpha value is -1.48. The predicted octanol–water partition coefficient (Wildman–Crippen LogP) is 1.31. The molecular weight excluding hydrogens is 322 g/mol. The molecule has 7 nitrogen and oxygen atoms in total. The number of hydrogen-bond donors (Lipinski definition) is 3. The van der Waals surface area contributed by atoms with Crippen molar-refractivity contribution in [1.82, 2.24) is 0 Å². The molecular formula is C15H21NO6S. The van der Waals surface area contributed by atoms with E-state index in [1.165, 1.54) is 24.2 Å². The first-order chi connectivity index (χ1) is 10.8. The third-order valence-electron chi connectivity index (χ3n) is 3.21. The van der Waals surface area contributed by atoms with Gasteiger partial charge in [-0.25, -0.2) is 0 Å². The molecule has 0 saturated carbocycles. The summed E-state index contributed by atoms with van der Waals surface area (Å²) in [4.78, 5) is 11.9. The van der Waals surface area contributed by atoms with Crippen molar-refractivity contribution in [3.05, 3.63) is 23.8 Å². The van der Waals surface area contributed by atoms with Crippen LogP contribution >= 0.6 is 12.0 Å². The molecule has 1 aromatic rings. The van der Waals surface area contributed by atoms with E-state index in [0.717, 1.165) is 0 Å². The number of hydrogen-bond acceptors (Lipinski definition) is 8. The van der Waals surface area contributed by atoms with Crippen LogP contribution in [0.3, 0.4) is 0 Å². The summed E-state index contributed by atoms with van der Waals surface area (Å²) in [5.74, 6) is -1.65. The smallest absolute Gasteiger partial charge is 0.323 e. The fraction of sp³-hybridized carbons (Fsp3) is 0.533. The van der Waals surface area contributed by atoms with Crippen LogP contribution in [0.15, 0.2) is 18.2 Å². The van der Waals surface area contributed by atoms with Crippen molar-refractivity contribution in [3.63, 3.8) is 0 Å². The van der Waals surface area contributed by atoms with Crippen LogP contribution in [-0.2, 0) is 24.9 Å². The first-order valence-corrected chi connectivity index (χ1v) is 7.99. The highest BCUT2D eigenvalue weighted by molar-refractivity contribution is 7.95. The molecule has 1 heterocycles. The van der Waals surface area contributed by atoms with Gasteiger partial charge in [0.25, 0.3) is 0 Å². The largest absolute Gasteiger partial charge is 0.504 e. The Morgan fingerprint density at radius 2 is 2.22 bits per heavy atom. The van der Waals surface area contributed by atoms with E-state index >= 15 is 0 Å². The summed E-state index contributed by atoms with van der Waals surface area (Å²) in [6.45, 7) is 4.19.